The number of hydrogen-bond acceptors (Lipinski definition) is 4. The summed E-state index contributed by atoms with van der Waals surface area (Å²) in [6.07, 6.45) is -0.875. The zero-order chi connectivity index (χ0) is 13.5. The second kappa shape index (κ2) is 7.18. The van der Waals surface area contributed by atoms with Gasteiger partial charge in [0, 0.05) is 5.57 Å². The van der Waals surface area contributed by atoms with Crippen LogP contribution in [0.1, 0.15) is 6.92 Å². The van der Waals surface area contributed by atoms with E-state index >= 15 is 0 Å². The number of carbonyl (C=O) groups is 1. The standard InChI is InChI=1S/C13H15BrO4/c1-9(2)13(16)18-8-10(15)7-17-12-6-4-3-5-11(12)14/h3-6,10,15H,1,7-8H2,2H3. The number of aliphatic hydroxyl groups excluding tert-OH is 1. The molecule has 0 aromatic heterocycles. The average molecular weight is 315 g/mol. The van der Waals surface area contributed by atoms with Crippen molar-refractivity contribution in [3.8, 4) is 5.75 Å². The molecule has 0 amide bonds. The highest BCUT2D eigenvalue weighted by Gasteiger charge is 2.10. The predicted octanol–water partition coefficient (Wildman–Crippen LogP) is 2.31. The summed E-state index contributed by atoms with van der Waals surface area (Å²) < 4.78 is 11.0. The van der Waals surface area contributed by atoms with Gasteiger partial charge in [0.1, 0.15) is 25.1 Å². The normalized spacial score (nSPS) is 11.7. The Morgan fingerprint density at radius 3 is 2.72 bits per heavy atom. The van der Waals surface area contributed by atoms with E-state index in [0.717, 1.165) is 4.47 Å². The summed E-state index contributed by atoms with van der Waals surface area (Å²) in [6.45, 7) is 4.93. The summed E-state index contributed by atoms with van der Waals surface area (Å²) in [7, 11) is 0. The molecule has 0 fully saturated rings. The number of benzene rings is 1. The summed E-state index contributed by atoms with van der Waals surface area (Å²) in [4.78, 5) is 11.1. The zero-order valence-electron chi connectivity index (χ0n) is 10.1. The zero-order valence-corrected chi connectivity index (χ0v) is 11.6. The minimum Gasteiger partial charge on any atom is -0.490 e. The van der Waals surface area contributed by atoms with Gasteiger partial charge in [0.2, 0.25) is 0 Å². The van der Waals surface area contributed by atoms with Crippen LogP contribution < -0.4 is 4.74 Å². The second-order valence-electron chi connectivity index (χ2n) is 3.77. The van der Waals surface area contributed by atoms with Crippen LogP contribution in [0.4, 0.5) is 0 Å². The fraction of sp³-hybridized carbons (Fsp3) is 0.308. The van der Waals surface area contributed by atoms with Gasteiger partial charge in [0.15, 0.2) is 0 Å². The predicted molar refractivity (Wildman–Crippen MR) is 71.4 cm³/mol. The van der Waals surface area contributed by atoms with E-state index in [2.05, 4.69) is 22.5 Å². The number of ether oxygens (including phenoxy) is 2. The maximum atomic E-state index is 11.1. The summed E-state index contributed by atoms with van der Waals surface area (Å²) in [5.41, 5.74) is 0.300. The first-order chi connectivity index (χ1) is 8.50. The molecular weight excluding hydrogens is 300 g/mol. The van der Waals surface area contributed by atoms with Crippen molar-refractivity contribution in [2.45, 2.75) is 13.0 Å². The van der Waals surface area contributed by atoms with Crippen LogP contribution in [0.15, 0.2) is 40.9 Å². The third-order valence-corrected chi connectivity index (χ3v) is 2.68. The van der Waals surface area contributed by atoms with Crippen LogP contribution in [0.25, 0.3) is 0 Å². The van der Waals surface area contributed by atoms with Gasteiger partial charge in [-0.2, -0.15) is 0 Å². The highest BCUT2D eigenvalue weighted by atomic mass is 79.9. The van der Waals surface area contributed by atoms with Gasteiger partial charge in [-0.3, -0.25) is 0 Å². The lowest BCUT2D eigenvalue weighted by Crippen LogP contribution is -2.25. The summed E-state index contributed by atoms with van der Waals surface area (Å²) in [5.74, 6) is 0.109. The van der Waals surface area contributed by atoms with Crippen molar-refractivity contribution in [2.24, 2.45) is 0 Å². The first kappa shape index (κ1) is 14.7. The van der Waals surface area contributed by atoms with Crippen LogP contribution in [0.2, 0.25) is 0 Å². The van der Waals surface area contributed by atoms with Gasteiger partial charge in [-0.1, -0.05) is 18.7 Å². The van der Waals surface area contributed by atoms with Crippen LogP contribution in [0, 0.1) is 0 Å². The quantitative estimate of drug-likeness (QED) is 0.646. The molecule has 1 N–H and O–H groups in total. The molecule has 4 nitrogen and oxygen atoms in total. The van der Waals surface area contributed by atoms with Crippen LogP contribution in [-0.2, 0) is 9.53 Å². The number of aliphatic hydroxyl groups is 1. The lowest BCUT2D eigenvalue weighted by Gasteiger charge is -2.13. The van der Waals surface area contributed by atoms with E-state index in [4.69, 9.17) is 9.47 Å². The van der Waals surface area contributed by atoms with Crippen LogP contribution in [0.3, 0.4) is 0 Å². The van der Waals surface area contributed by atoms with Crippen LogP contribution in [0.5, 0.6) is 5.75 Å². The third kappa shape index (κ3) is 4.89. The van der Waals surface area contributed by atoms with Crippen molar-refractivity contribution in [2.75, 3.05) is 13.2 Å². The van der Waals surface area contributed by atoms with Gasteiger partial charge in [-0.05, 0) is 35.0 Å². The Balaban J connectivity index is 2.33. The van der Waals surface area contributed by atoms with Gasteiger partial charge in [-0.25, -0.2) is 4.79 Å². The molecule has 1 rings (SSSR count). The molecule has 18 heavy (non-hydrogen) atoms. The van der Waals surface area contributed by atoms with E-state index in [0.29, 0.717) is 11.3 Å². The van der Waals surface area contributed by atoms with Crippen molar-refractivity contribution in [1.29, 1.82) is 0 Å². The van der Waals surface area contributed by atoms with Gasteiger partial charge in [0.25, 0.3) is 0 Å². The fourth-order valence-corrected chi connectivity index (χ4v) is 1.49. The van der Waals surface area contributed by atoms with Crippen molar-refractivity contribution in [3.05, 3.63) is 40.9 Å². The number of para-hydroxylation sites is 1. The fourth-order valence-electron chi connectivity index (χ4n) is 1.09. The second-order valence-corrected chi connectivity index (χ2v) is 4.63. The lowest BCUT2D eigenvalue weighted by atomic mass is 10.3. The number of hydrogen-bond donors (Lipinski definition) is 1. The Kier molecular flexibility index (Phi) is 5.88. The SMILES string of the molecule is C=C(C)C(=O)OCC(O)COc1ccccc1Br. The van der Waals surface area contributed by atoms with Crippen molar-refractivity contribution in [3.63, 3.8) is 0 Å². The van der Waals surface area contributed by atoms with Gasteiger partial charge in [0.05, 0.1) is 4.47 Å². The third-order valence-electron chi connectivity index (χ3n) is 2.02. The number of rotatable bonds is 6. The molecular formula is C13H15BrO4. The van der Waals surface area contributed by atoms with Crippen LogP contribution in [-0.4, -0.2) is 30.4 Å². The van der Waals surface area contributed by atoms with E-state index in [1.165, 1.54) is 0 Å². The number of esters is 1. The highest BCUT2D eigenvalue weighted by molar-refractivity contribution is 9.10. The minimum absolute atomic E-state index is 0.0477. The summed E-state index contributed by atoms with van der Waals surface area (Å²) in [5, 5.41) is 9.58. The topological polar surface area (TPSA) is 55.8 Å². The monoisotopic (exact) mass is 314 g/mol. The number of halogens is 1. The van der Waals surface area contributed by atoms with Gasteiger partial charge < -0.3 is 14.6 Å². The van der Waals surface area contributed by atoms with Crippen molar-refractivity contribution >= 4 is 21.9 Å². The molecule has 0 aliphatic rings. The molecule has 5 heteroatoms. The molecule has 1 aromatic carbocycles. The van der Waals surface area contributed by atoms with E-state index in [9.17, 15) is 9.90 Å². The summed E-state index contributed by atoms with van der Waals surface area (Å²) >= 11 is 3.32. The Morgan fingerprint density at radius 2 is 2.11 bits per heavy atom. The molecule has 0 spiro atoms. The van der Waals surface area contributed by atoms with E-state index in [-0.39, 0.29) is 13.2 Å². The lowest BCUT2D eigenvalue weighted by molar-refractivity contribution is -0.142. The molecule has 0 heterocycles. The van der Waals surface area contributed by atoms with E-state index < -0.39 is 12.1 Å². The molecule has 0 aliphatic carbocycles. The Bertz CT molecular complexity index is 431. The number of carbonyl (C=O) groups excluding carboxylic acids is 1. The molecule has 0 saturated heterocycles. The Labute approximate surface area is 114 Å². The van der Waals surface area contributed by atoms with E-state index in [1.54, 1.807) is 13.0 Å². The average Bonchev–Trinajstić information content (AvgIpc) is 2.34. The first-order valence-electron chi connectivity index (χ1n) is 5.38. The maximum Gasteiger partial charge on any atom is 0.333 e. The molecule has 0 saturated carbocycles. The molecule has 0 aliphatic heterocycles. The van der Waals surface area contributed by atoms with Crippen LogP contribution >= 0.6 is 15.9 Å². The van der Waals surface area contributed by atoms with Gasteiger partial charge in [-0.15, -0.1) is 0 Å². The largest absolute Gasteiger partial charge is 0.490 e. The smallest absolute Gasteiger partial charge is 0.333 e. The van der Waals surface area contributed by atoms with E-state index in [1.807, 2.05) is 18.2 Å². The van der Waals surface area contributed by atoms with Crippen molar-refractivity contribution in [1.82, 2.24) is 0 Å². The highest BCUT2D eigenvalue weighted by Crippen LogP contribution is 2.23. The Morgan fingerprint density at radius 1 is 1.44 bits per heavy atom. The summed E-state index contributed by atoms with van der Waals surface area (Å²) in [6, 6.07) is 7.30. The first-order valence-corrected chi connectivity index (χ1v) is 6.18. The van der Waals surface area contributed by atoms with Crippen molar-refractivity contribution < 1.29 is 19.4 Å². The molecule has 0 bridgehead atoms. The molecule has 1 atom stereocenters. The maximum absolute atomic E-state index is 11.1. The molecule has 98 valence electrons. The molecule has 1 aromatic rings. The Hall–Kier alpha value is -1.33. The minimum atomic E-state index is -0.875. The molecule has 0 radical (unpaired) electrons. The molecule has 1 unspecified atom stereocenters. The van der Waals surface area contributed by atoms with Gasteiger partial charge >= 0.3 is 5.97 Å².